The lowest BCUT2D eigenvalue weighted by atomic mass is 9.99. The number of aliphatic hydroxyl groups is 7. The molecule has 9 N–H and O–H groups in total. The highest BCUT2D eigenvalue weighted by Crippen LogP contribution is 2.40. The van der Waals surface area contributed by atoms with Crippen molar-refractivity contribution in [2.24, 2.45) is 0 Å². The normalized spacial score (nSPS) is 46.0. The first-order valence-corrected chi connectivity index (χ1v) is 9.32. The Morgan fingerprint density at radius 3 is 2.07 bits per heavy atom. The third kappa shape index (κ3) is 4.83. The monoisotopic (exact) mass is 422 g/mol. The second-order valence-corrected chi connectivity index (χ2v) is 7.40. The summed E-state index contributed by atoms with van der Waals surface area (Å²) in [6, 6.07) is 0. The van der Waals surface area contributed by atoms with Crippen molar-refractivity contribution in [1.82, 2.24) is 0 Å². The van der Waals surface area contributed by atoms with E-state index in [1.165, 1.54) is 0 Å². The highest BCUT2D eigenvalue weighted by Gasteiger charge is 2.58. The molecule has 15 heteroatoms. The van der Waals surface area contributed by atoms with Crippen molar-refractivity contribution in [2.75, 3.05) is 19.8 Å². The Bertz CT molecular complexity index is 540. The van der Waals surface area contributed by atoms with E-state index in [2.05, 4.69) is 4.52 Å². The van der Waals surface area contributed by atoms with Gasteiger partial charge in [0.05, 0.1) is 13.2 Å². The average molecular weight is 422 g/mol. The number of ether oxygens (including phenoxy) is 3. The van der Waals surface area contributed by atoms with E-state index in [-0.39, 0.29) is 0 Å². The van der Waals surface area contributed by atoms with Crippen LogP contribution < -0.4 is 0 Å². The topological polar surface area (TPSA) is 236 Å². The summed E-state index contributed by atoms with van der Waals surface area (Å²) in [6.45, 7) is -2.74. The molecule has 0 aromatic rings. The molecule has 2 aliphatic heterocycles. The number of phosphoric ester groups is 1. The van der Waals surface area contributed by atoms with Gasteiger partial charge in [0.2, 0.25) is 5.79 Å². The van der Waals surface area contributed by atoms with E-state index >= 15 is 0 Å². The van der Waals surface area contributed by atoms with Crippen LogP contribution in [0.1, 0.15) is 0 Å². The zero-order chi connectivity index (χ0) is 20.6. The van der Waals surface area contributed by atoms with Crippen LogP contribution in [0.5, 0.6) is 0 Å². The summed E-state index contributed by atoms with van der Waals surface area (Å²) >= 11 is 0. The molecule has 0 bridgehead atoms. The smallest absolute Gasteiger partial charge is 0.394 e. The van der Waals surface area contributed by atoms with Crippen LogP contribution in [0.2, 0.25) is 0 Å². The van der Waals surface area contributed by atoms with Crippen molar-refractivity contribution in [1.29, 1.82) is 0 Å². The van der Waals surface area contributed by atoms with Crippen molar-refractivity contribution < 1.29 is 68.8 Å². The minimum Gasteiger partial charge on any atom is -0.394 e. The van der Waals surface area contributed by atoms with Gasteiger partial charge >= 0.3 is 7.82 Å². The number of hydrogen-bond acceptors (Lipinski definition) is 12. The van der Waals surface area contributed by atoms with E-state index in [1.54, 1.807) is 0 Å². The third-order valence-corrected chi connectivity index (χ3v) is 4.78. The van der Waals surface area contributed by atoms with Crippen LogP contribution in [0.25, 0.3) is 0 Å². The maximum absolute atomic E-state index is 10.8. The summed E-state index contributed by atoms with van der Waals surface area (Å²) in [5.41, 5.74) is 0. The molecule has 2 saturated heterocycles. The summed E-state index contributed by atoms with van der Waals surface area (Å²) in [7, 11) is -4.92. The first-order valence-electron chi connectivity index (χ1n) is 7.79. The van der Waals surface area contributed by atoms with E-state index in [4.69, 9.17) is 29.1 Å². The second-order valence-electron chi connectivity index (χ2n) is 6.16. The van der Waals surface area contributed by atoms with E-state index in [0.29, 0.717) is 0 Å². The zero-order valence-corrected chi connectivity index (χ0v) is 14.6. The summed E-state index contributed by atoms with van der Waals surface area (Å²) in [5, 5.41) is 68.3. The molecule has 9 unspecified atom stereocenters. The quantitative estimate of drug-likeness (QED) is 0.174. The van der Waals surface area contributed by atoms with Gasteiger partial charge in [-0.3, -0.25) is 4.52 Å². The molecule has 2 rings (SSSR count). The summed E-state index contributed by atoms with van der Waals surface area (Å²) in [4.78, 5) is 17.4. The van der Waals surface area contributed by atoms with Crippen molar-refractivity contribution in [3.05, 3.63) is 0 Å². The first kappa shape index (κ1) is 23.0. The molecule has 160 valence electrons. The van der Waals surface area contributed by atoms with Gasteiger partial charge in [0, 0.05) is 0 Å². The minimum atomic E-state index is -4.92. The fraction of sp³-hybridized carbons (Fsp3) is 1.00. The van der Waals surface area contributed by atoms with Crippen LogP contribution >= 0.6 is 7.82 Å². The maximum atomic E-state index is 10.8. The molecule has 14 nitrogen and oxygen atoms in total. The molecule has 2 fully saturated rings. The summed E-state index contributed by atoms with van der Waals surface area (Å²) < 4.78 is 30.4. The molecular weight excluding hydrogens is 399 g/mol. The molecule has 0 radical (unpaired) electrons. The Morgan fingerprint density at radius 1 is 0.926 bits per heavy atom. The molecule has 2 aliphatic rings. The van der Waals surface area contributed by atoms with Crippen LogP contribution in [-0.4, -0.2) is 120 Å². The van der Waals surface area contributed by atoms with Gasteiger partial charge in [0.25, 0.3) is 0 Å². The van der Waals surface area contributed by atoms with Gasteiger partial charge in [0.1, 0.15) is 49.3 Å². The molecule has 0 amide bonds. The zero-order valence-electron chi connectivity index (χ0n) is 13.8. The lowest BCUT2D eigenvalue weighted by Gasteiger charge is -2.43. The number of phosphoric acid groups is 1. The Kier molecular flexibility index (Phi) is 7.33. The van der Waals surface area contributed by atoms with Crippen LogP contribution in [0.4, 0.5) is 0 Å². The molecule has 0 aliphatic carbocycles. The molecule has 0 spiro atoms. The summed E-state index contributed by atoms with van der Waals surface area (Å²) in [6.07, 6.45) is -13.9. The number of aliphatic hydroxyl groups excluding tert-OH is 7. The highest BCUT2D eigenvalue weighted by molar-refractivity contribution is 7.46. The van der Waals surface area contributed by atoms with Gasteiger partial charge in [0.15, 0.2) is 6.29 Å². The molecule has 0 aromatic carbocycles. The van der Waals surface area contributed by atoms with Crippen LogP contribution in [0.3, 0.4) is 0 Å². The van der Waals surface area contributed by atoms with E-state index < -0.39 is 82.4 Å². The fourth-order valence-electron chi connectivity index (χ4n) is 2.79. The van der Waals surface area contributed by atoms with Gasteiger partial charge in [-0.15, -0.1) is 0 Å². The van der Waals surface area contributed by atoms with E-state index in [0.717, 1.165) is 0 Å². The van der Waals surface area contributed by atoms with Crippen molar-refractivity contribution in [2.45, 2.75) is 54.8 Å². The molecule has 0 saturated carbocycles. The lowest BCUT2D eigenvalue weighted by molar-refractivity contribution is -0.383. The predicted octanol–water partition coefficient (Wildman–Crippen LogP) is -5.28. The maximum Gasteiger partial charge on any atom is 0.469 e. The second kappa shape index (κ2) is 8.61. The number of rotatable bonds is 7. The first-order chi connectivity index (χ1) is 12.5. The molecule has 0 aromatic heterocycles. The van der Waals surface area contributed by atoms with Crippen LogP contribution in [0, 0.1) is 0 Å². The Balaban J connectivity index is 2.15. The third-order valence-electron chi connectivity index (χ3n) is 4.30. The molecule has 9 atom stereocenters. The van der Waals surface area contributed by atoms with Gasteiger partial charge < -0.3 is 59.7 Å². The number of hydrogen-bond donors (Lipinski definition) is 9. The largest absolute Gasteiger partial charge is 0.469 e. The average Bonchev–Trinajstić information content (AvgIpc) is 2.85. The summed E-state index contributed by atoms with van der Waals surface area (Å²) in [5.74, 6) is -2.42. The van der Waals surface area contributed by atoms with Gasteiger partial charge in [-0.1, -0.05) is 0 Å². The molecule has 2 heterocycles. The predicted molar refractivity (Wildman–Crippen MR) is 79.6 cm³/mol. The van der Waals surface area contributed by atoms with Gasteiger partial charge in [-0.05, 0) is 0 Å². The Labute approximate surface area is 152 Å². The fourth-order valence-corrected chi connectivity index (χ4v) is 3.13. The Hall–Kier alpha value is -0.290. The minimum absolute atomic E-state index is 0.762. The van der Waals surface area contributed by atoms with Crippen LogP contribution in [-0.2, 0) is 23.3 Å². The van der Waals surface area contributed by atoms with Gasteiger partial charge in [-0.2, -0.15) is 0 Å². The van der Waals surface area contributed by atoms with Crippen LogP contribution in [0.15, 0.2) is 0 Å². The van der Waals surface area contributed by atoms with E-state index in [1.807, 2.05) is 0 Å². The van der Waals surface area contributed by atoms with Crippen molar-refractivity contribution >= 4 is 7.82 Å². The standard InChI is InChI=1S/C12H23O14P/c13-1-4-6(15)8(17)9(18)11(24-4)26-12(3-14)10(19)7(16)5(25-12)2-23-27(20,21)22/h4-11,13-19H,1-3H2,(H2,20,21,22). The molecule has 27 heavy (non-hydrogen) atoms. The van der Waals surface area contributed by atoms with E-state index in [9.17, 15) is 35.2 Å². The molecular formula is C12H23O14P. The SMILES string of the molecule is O=P(O)(O)OCC1OC(CO)(OC2OC(CO)C(O)C(O)C2O)C(O)C1O. The highest BCUT2D eigenvalue weighted by atomic mass is 31.2. The lowest BCUT2D eigenvalue weighted by Crippen LogP contribution is -2.62. The van der Waals surface area contributed by atoms with Crippen molar-refractivity contribution in [3.8, 4) is 0 Å². The van der Waals surface area contributed by atoms with Crippen molar-refractivity contribution in [3.63, 3.8) is 0 Å². The van der Waals surface area contributed by atoms with Gasteiger partial charge in [-0.25, -0.2) is 4.57 Å². The Morgan fingerprint density at radius 2 is 1.56 bits per heavy atom.